The fraction of sp³-hybridized carbons (Fsp3) is 0.821. The highest BCUT2D eigenvalue weighted by molar-refractivity contribution is 5.80. The van der Waals surface area contributed by atoms with E-state index in [1.54, 1.807) is 6.92 Å². The first-order valence-corrected chi connectivity index (χ1v) is 17.6. The average Bonchev–Trinajstić information content (AvgIpc) is 2.89. The maximum atomic E-state index is 13.5. The molecular weight excluding hydrogens is 592 g/mol. The molecule has 0 heterocycles. The molecule has 3 unspecified atom stereocenters. The van der Waals surface area contributed by atoms with Crippen LogP contribution >= 0.6 is 0 Å². The minimum atomic E-state index is -1.36. The normalized spacial score (nSPS) is 16.0. The van der Waals surface area contributed by atoms with E-state index in [9.17, 15) is 14.4 Å². The van der Waals surface area contributed by atoms with E-state index >= 15 is 0 Å². The summed E-state index contributed by atoms with van der Waals surface area (Å²) in [7, 11) is 3.91. The van der Waals surface area contributed by atoms with E-state index in [-0.39, 0.29) is 48.8 Å². The van der Waals surface area contributed by atoms with Gasteiger partial charge in [-0.25, -0.2) is 0 Å². The third-order valence-electron chi connectivity index (χ3n) is 9.01. The molecule has 0 aromatic rings. The lowest BCUT2D eigenvalue weighted by Crippen LogP contribution is -2.54. The fourth-order valence-corrected chi connectivity index (χ4v) is 6.54. The maximum Gasteiger partial charge on any atom is 0.326 e. The van der Waals surface area contributed by atoms with Crippen molar-refractivity contribution in [1.82, 2.24) is 4.90 Å². The van der Waals surface area contributed by atoms with Gasteiger partial charge in [-0.1, -0.05) is 100.0 Å². The number of rotatable bonds is 22. The van der Waals surface area contributed by atoms with E-state index in [2.05, 4.69) is 60.6 Å². The van der Waals surface area contributed by atoms with Crippen molar-refractivity contribution in [3.05, 3.63) is 24.3 Å². The Bertz CT molecular complexity index is 1040. The van der Waals surface area contributed by atoms with Crippen molar-refractivity contribution >= 4 is 17.9 Å². The first-order valence-electron chi connectivity index (χ1n) is 17.6. The van der Waals surface area contributed by atoms with Crippen LogP contribution in [-0.4, -0.2) is 68.3 Å². The van der Waals surface area contributed by atoms with E-state index in [1.807, 2.05) is 65.8 Å². The molecule has 0 amide bonds. The fourth-order valence-electron chi connectivity index (χ4n) is 6.54. The minimum absolute atomic E-state index is 0.00274. The van der Waals surface area contributed by atoms with Gasteiger partial charge in [0.2, 0.25) is 0 Å². The standard InChI is InChI=1S/C39H72N2O6/c1-16-21-35(5,6)22-18-26-46-34(44)39(13,40)28-37(9,10)32(47-31(42)20-17-24-41(14)15)30(4)38(11,12)33(43)45-25-19-23-36(7,8)27-29(2)3/h18-19,22-23,29-30,32H,16-17,20-21,24-28,40H2,1-15H3/b22-18-,23-19-. The molecule has 8 heteroatoms. The smallest absolute Gasteiger partial charge is 0.326 e. The van der Waals surface area contributed by atoms with Crippen molar-refractivity contribution in [1.29, 1.82) is 0 Å². The van der Waals surface area contributed by atoms with Crippen molar-refractivity contribution in [3.63, 3.8) is 0 Å². The molecule has 0 aliphatic heterocycles. The second kappa shape index (κ2) is 19.1. The molecule has 0 fully saturated rings. The maximum absolute atomic E-state index is 13.5. The summed E-state index contributed by atoms with van der Waals surface area (Å²) in [6.07, 6.45) is 11.4. The Labute approximate surface area is 288 Å². The van der Waals surface area contributed by atoms with Crippen molar-refractivity contribution < 1.29 is 28.6 Å². The van der Waals surface area contributed by atoms with Gasteiger partial charge in [0.1, 0.15) is 24.9 Å². The van der Waals surface area contributed by atoms with Crippen LogP contribution in [0.3, 0.4) is 0 Å². The van der Waals surface area contributed by atoms with Crippen LogP contribution < -0.4 is 5.73 Å². The molecule has 0 saturated heterocycles. The van der Waals surface area contributed by atoms with Crippen LogP contribution in [-0.2, 0) is 28.6 Å². The molecule has 0 spiro atoms. The molecule has 0 aliphatic carbocycles. The predicted octanol–water partition coefficient (Wildman–Crippen LogP) is 8.13. The molecule has 0 saturated carbocycles. The summed E-state index contributed by atoms with van der Waals surface area (Å²) in [5, 5.41) is 0. The first kappa shape index (κ1) is 44.8. The van der Waals surface area contributed by atoms with Crippen LogP contribution in [0.2, 0.25) is 0 Å². The third kappa shape index (κ3) is 17.2. The molecule has 8 nitrogen and oxygen atoms in total. The predicted molar refractivity (Wildman–Crippen MR) is 194 cm³/mol. The van der Waals surface area contributed by atoms with Gasteiger partial charge in [-0.3, -0.25) is 14.4 Å². The van der Waals surface area contributed by atoms with E-state index in [1.165, 1.54) is 0 Å². The number of ether oxygens (including phenoxy) is 3. The van der Waals surface area contributed by atoms with Crippen molar-refractivity contribution in [2.24, 2.45) is 39.2 Å². The monoisotopic (exact) mass is 665 g/mol. The van der Waals surface area contributed by atoms with Gasteiger partial charge in [0.15, 0.2) is 0 Å². The van der Waals surface area contributed by atoms with Crippen molar-refractivity contribution in [2.45, 2.75) is 140 Å². The molecule has 274 valence electrons. The van der Waals surface area contributed by atoms with E-state index < -0.39 is 34.4 Å². The second-order valence-electron chi connectivity index (χ2n) is 17.2. The molecule has 0 aromatic heterocycles. The second-order valence-corrected chi connectivity index (χ2v) is 17.2. The molecule has 3 atom stereocenters. The Morgan fingerprint density at radius 2 is 1.32 bits per heavy atom. The Morgan fingerprint density at radius 1 is 0.809 bits per heavy atom. The minimum Gasteiger partial charge on any atom is -0.461 e. The molecule has 0 aliphatic rings. The lowest BCUT2D eigenvalue weighted by Gasteiger charge is -2.45. The van der Waals surface area contributed by atoms with Gasteiger partial charge in [0, 0.05) is 17.8 Å². The molecular formula is C39H72N2O6. The average molecular weight is 665 g/mol. The highest BCUT2D eigenvalue weighted by Gasteiger charge is 2.50. The van der Waals surface area contributed by atoms with Crippen molar-refractivity contribution in [3.8, 4) is 0 Å². The summed E-state index contributed by atoms with van der Waals surface area (Å²) < 4.78 is 17.5. The lowest BCUT2D eigenvalue weighted by molar-refractivity contribution is -0.176. The summed E-state index contributed by atoms with van der Waals surface area (Å²) in [5.41, 5.74) is 3.47. The van der Waals surface area contributed by atoms with Crippen molar-refractivity contribution in [2.75, 3.05) is 33.9 Å². The lowest BCUT2D eigenvalue weighted by atomic mass is 9.65. The Kier molecular flexibility index (Phi) is 18.2. The zero-order valence-corrected chi connectivity index (χ0v) is 32.9. The highest BCUT2D eigenvalue weighted by atomic mass is 16.6. The van der Waals surface area contributed by atoms with Gasteiger partial charge in [-0.05, 0) is 83.8 Å². The first-order chi connectivity index (χ1) is 21.3. The van der Waals surface area contributed by atoms with Gasteiger partial charge in [-0.15, -0.1) is 0 Å². The molecule has 47 heavy (non-hydrogen) atoms. The van der Waals surface area contributed by atoms with Gasteiger partial charge in [0.25, 0.3) is 0 Å². The molecule has 0 radical (unpaired) electrons. The quantitative estimate of drug-likeness (QED) is 0.0702. The number of carbonyl (C=O) groups excluding carboxylic acids is 3. The van der Waals surface area contributed by atoms with Crippen LogP contribution in [0.25, 0.3) is 0 Å². The Morgan fingerprint density at radius 3 is 1.81 bits per heavy atom. The van der Waals surface area contributed by atoms with E-state index in [4.69, 9.17) is 19.9 Å². The highest BCUT2D eigenvalue weighted by Crippen LogP contribution is 2.43. The zero-order chi connectivity index (χ0) is 36.9. The van der Waals surface area contributed by atoms with E-state index in [0.29, 0.717) is 12.3 Å². The number of nitrogens with two attached hydrogens (primary N) is 1. The third-order valence-corrected chi connectivity index (χ3v) is 9.01. The molecule has 0 rings (SSSR count). The number of nitrogens with zero attached hydrogens (tertiary/aromatic N) is 1. The van der Waals surface area contributed by atoms with E-state index in [0.717, 1.165) is 25.8 Å². The molecule has 0 bridgehead atoms. The van der Waals surface area contributed by atoms with Crippen LogP contribution in [0.4, 0.5) is 0 Å². The van der Waals surface area contributed by atoms with Gasteiger partial charge < -0.3 is 24.8 Å². The Balaban J connectivity index is 5.99. The summed E-state index contributed by atoms with van der Waals surface area (Å²) in [5.74, 6) is -1.16. The topological polar surface area (TPSA) is 108 Å². The largest absolute Gasteiger partial charge is 0.461 e. The number of esters is 3. The van der Waals surface area contributed by atoms with Gasteiger partial charge >= 0.3 is 17.9 Å². The SMILES string of the molecule is CCCC(C)(C)/C=C\COC(=O)C(C)(N)CC(C)(C)C(OC(=O)CCCN(C)C)C(C)C(C)(C)C(=O)OC/C=C\C(C)(C)CC(C)C. The number of hydrogen-bond donors (Lipinski definition) is 1. The number of hydrogen-bond acceptors (Lipinski definition) is 8. The van der Waals surface area contributed by atoms with Crippen LogP contribution in [0.5, 0.6) is 0 Å². The van der Waals surface area contributed by atoms with Crippen LogP contribution in [0.15, 0.2) is 24.3 Å². The zero-order valence-electron chi connectivity index (χ0n) is 32.9. The van der Waals surface area contributed by atoms with Gasteiger partial charge in [0.05, 0.1) is 5.41 Å². The summed E-state index contributed by atoms with van der Waals surface area (Å²) in [6, 6.07) is 0. The van der Waals surface area contributed by atoms with Crippen LogP contribution in [0, 0.1) is 33.5 Å². The van der Waals surface area contributed by atoms with Gasteiger partial charge in [-0.2, -0.15) is 0 Å². The summed E-state index contributed by atoms with van der Waals surface area (Å²) in [6.45, 7) is 27.2. The summed E-state index contributed by atoms with van der Waals surface area (Å²) in [4.78, 5) is 41.9. The Hall–Kier alpha value is -2.19. The molecule has 0 aromatic carbocycles. The number of carbonyl (C=O) groups is 3. The molecule has 2 N–H and O–H groups in total. The summed E-state index contributed by atoms with van der Waals surface area (Å²) >= 11 is 0. The number of allylic oxidation sites excluding steroid dienone is 2. The van der Waals surface area contributed by atoms with Crippen LogP contribution in [0.1, 0.15) is 129 Å².